The number of hydrogen-bond donors (Lipinski definition) is 0. The minimum absolute atomic E-state index is 0.129. The van der Waals surface area contributed by atoms with E-state index in [1.165, 1.54) is 22.7 Å². The Morgan fingerprint density at radius 2 is 0.958 bits per heavy atom. The predicted octanol–water partition coefficient (Wildman–Crippen LogP) is 16.0. The first-order valence-electron chi connectivity index (χ1n) is 22.1. The van der Waals surface area contributed by atoms with E-state index < -0.39 is 11.2 Å². The second kappa shape index (κ2) is 16.5. The molecule has 0 fully saturated rings. The van der Waals surface area contributed by atoms with Crippen LogP contribution in [-0.4, -0.2) is 25.8 Å². The second-order valence-corrected chi connectivity index (χ2v) is 24.3. The number of benzene rings is 2. The molecule has 10 nitrogen and oxygen atoms in total. The number of ketones is 2. The summed E-state index contributed by atoms with van der Waals surface area (Å²) < 4.78 is 28.1. The third-order valence-corrected chi connectivity index (χ3v) is 20.6. The fourth-order valence-corrected chi connectivity index (χ4v) is 18.2. The topological polar surface area (TPSA) is 127 Å². The zero-order valence-electron chi connectivity index (χ0n) is 38.8. The summed E-state index contributed by atoms with van der Waals surface area (Å²) in [5.74, 6) is 2.36. The van der Waals surface area contributed by atoms with Gasteiger partial charge in [0.2, 0.25) is 0 Å². The van der Waals surface area contributed by atoms with Gasteiger partial charge >= 0.3 is 0 Å². The molecule has 0 saturated heterocycles. The maximum Gasteiger partial charge on any atom is 0.270 e. The smallest absolute Gasteiger partial charge is 0.270 e. The van der Waals surface area contributed by atoms with E-state index in [-0.39, 0.29) is 23.0 Å². The van der Waals surface area contributed by atoms with Gasteiger partial charge < -0.3 is 18.9 Å². The van der Waals surface area contributed by atoms with Crippen LogP contribution in [0.5, 0.6) is 23.0 Å². The molecular weight excluding hydrogens is 1020 g/mol. The molecule has 16 heteroatoms. The fraction of sp³-hybridized carbons (Fsp3) is 0.143. The number of rotatable bonds is 6. The van der Waals surface area contributed by atoms with Crippen molar-refractivity contribution < 1.29 is 28.5 Å². The maximum atomic E-state index is 13.8. The van der Waals surface area contributed by atoms with Gasteiger partial charge in [-0.1, -0.05) is 48.5 Å². The molecule has 0 unspecified atom stereocenters. The van der Waals surface area contributed by atoms with Crippen LogP contribution in [0.15, 0.2) is 95.3 Å². The number of Topliss-reactive ketones (excluding diaryl/α,β-unsaturated/α-hetero) is 2. The largest absolute Gasteiger partial charge is 0.495 e. The third-order valence-electron chi connectivity index (χ3n) is 13.0. The summed E-state index contributed by atoms with van der Waals surface area (Å²) in [6, 6.07) is 26.1. The number of fused-ring (bicyclic) bond motifs is 11. The van der Waals surface area contributed by atoms with E-state index in [9.17, 15) is 20.1 Å². The summed E-state index contributed by atoms with van der Waals surface area (Å²) in [4.78, 5) is 43.9. The number of allylic oxidation sites excluding steroid dienone is 6. The van der Waals surface area contributed by atoms with Gasteiger partial charge in [-0.3, -0.25) is 9.59 Å². The average Bonchev–Trinajstić information content (AvgIpc) is 4.25. The highest BCUT2D eigenvalue weighted by Crippen LogP contribution is 2.64. The highest BCUT2D eigenvalue weighted by Gasteiger charge is 2.45. The van der Waals surface area contributed by atoms with Crippen molar-refractivity contribution in [3.05, 3.63) is 161 Å². The second-order valence-electron chi connectivity index (χ2n) is 18.0. The van der Waals surface area contributed by atoms with Crippen LogP contribution in [0.4, 0.5) is 0 Å². The molecule has 0 bridgehead atoms. The van der Waals surface area contributed by atoms with Gasteiger partial charge in [-0.05, 0) is 63.1 Å². The minimum Gasteiger partial charge on any atom is -0.495 e. The standard InChI is InChI=1S/C56H32N4O6S6/c1-55(2)43-51(49-37(65-55)21-39(69-49)47-35(63-7)19-25(67-47)17-31-41(33(23-57)59-5)27-13-9-11-15-29(27)45(31)61)71-54-44-52(72-53(43)54)50-38(66-56(44,3)4)22-40(70-50)48-36(64-8)20-26(68-48)18-32-42(34(24-58)60-6)28-14-10-12-16-30(28)46(32)62/h9-22H,1-4,7-8H3/b31-17-,32-18-,41-33-,42-34+. The Balaban J connectivity index is 0.920. The Morgan fingerprint density at radius 1 is 0.569 bits per heavy atom. The fourth-order valence-electron chi connectivity index (χ4n) is 9.96. The maximum absolute atomic E-state index is 13.8. The molecule has 12 rings (SSSR count). The highest BCUT2D eigenvalue weighted by molar-refractivity contribution is 7.35. The van der Waals surface area contributed by atoms with E-state index >= 15 is 0 Å². The Morgan fingerprint density at radius 3 is 1.32 bits per heavy atom. The van der Waals surface area contributed by atoms with Crippen LogP contribution in [0.3, 0.4) is 0 Å². The summed E-state index contributed by atoms with van der Waals surface area (Å²) in [7, 11) is 3.24. The number of ether oxygens (including phenoxy) is 4. The summed E-state index contributed by atoms with van der Waals surface area (Å²) >= 11 is 9.72. The lowest BCUT2D eigenvalue weighted by atomic mass is 9.92. The van der Waals surface area contributed by atoms with Gasteiger partial charge in [-0.15, -0.1) is 68.0 Å². The van der Waals surface area contributed by atoms with Crippen LogP contribution in [0.1, 0.15) is 80.4 Å². The molecule has 0 radical (unpaired) electrons. The number of nitriles is 2. The van der Waals surface area contributed by atoms with Crippen LogP contribution >= 0.6 is 68.0 Å². The first-order valence-corrected chi connectivity index (χ1v) is 27.0. The monoisotopic (exact) mass is 1050 g/mol. The van der Waals surface area contributed by atoms with Crippen molar-refractivity contribution in [3.8, 4) is 74.2 Å². The van der Waals surface area contributed by atoms with E-state index in [0.29, 0.717) is 56.0 Å². The van der Waals surface area contributed by atoms with Crippen LogP contribution in [0.2, 0.25) is 0 Å². The molecule has 6 aromatic heterocycles. The molecule has 72 heavy (non-hydrogen) atoms. The normalized spacial score (nSPS) is 17.9. The van der Waals surface area contributed by atoms with Crippen molar-refractivity contribution in [2.75, 3.05) is 14.2 Å². The Kier molecular flexibility index (Phi) is 10.4. The molecule has 348 valence electrons. The van der Waals surface area contributed by atoms with Crippen LogP contribution in [0, 0.1) is 35.8 Å². The van der Waals surface area contributed by atoms with Crippen molar-refractivity contribution >= 4 is 112 Å². The van der Waals surface area contributed by atoms with Gasteiger partial charge in [-0.25, -0.2) is 20.2 Å². The van der Waals surface area contributed by atoms with Gasteiger partial charge in [0, 0.05) is 66.4 Å². The predicted molar refractivity (Wildman–Crippen MR) is 289 cm³/mol. The molecular formula is C56H32N4O6S6. The lowest BCUT2D eigenvalue weighted by molar-refractivity contribution is 0.103. The number of nitrogens with zero attached hydrogens (tertiary/aromatic N) is 4. The molecule has 8 aromatic rings. The lowest BCUT2D eigenvalue weighted by Gasteiger charge is -2.31. The molecule has 8 heterocycles. The van der Waals surface area contributed by atoms with Crippen molar-refractivity contribution in [3.63, 3.8) is 0 Å². The summed E-state index contributed by atoms with van der Waals surface area (Å²) in [5, 5.41) is 19.8. The van der Waals surface area contributed by atoms with Gasteiger partial charge in [0.05, 0.1) is 87.9 Å². The van der Waals surface area contributed by atoms with E-state index in [4.69, 9.17) is 32.1 Å². The SMILES string of the molecule is [C-]#[N+]/C(C#N)=C1\C(=C\c2cc(OC)c(-c3cc4c(s3)-c3sc5c6c(sc5c3C(C)(C)O4)-c3sc(-c4sc(/C=C5\C(=O)c7ccccc7\C5=C(\C#N)[N+]#[C-])cc4OC)cc3OC6(C)C)s2)C(=O)c2ccccc21. The van der Waals surface area contributed by atoms with Crippen LogP contribution < -0.4 is 18.9 Å². The lowest BCUT2D eigenvalue weighted by Crippen LogP contribution is -2.27. The number of hydrogen-bond acceptors (Lipinski definition) is 14. The summed E-state index contributed by atoms with van der Waals surface area (Å²) in [6.45, 7) is 23.9. The summed E-state index contributed by atoms with van der Waals surface area (Å²) in [6.07, 6.45) is 3.52. The molecule has 0 N–H and O–H groups in total. The first kappa shape index (κ1) is 45.5. The quantitative estimate of drug-likeness (QED) is 0.0915. The molecule has 2 aliphatic carbocycles. The van der Waals surface area contributed by atoms with Crippen molar-refractivity contribution in [1.82, 2.24) is 0 Å². The Labute approximate surface area is 436 Å². The van der Waals surface area contributed by atoms with Crippen LogP contribution in [-0.2, 0) is 11.2 Å². The Bertz CT molecular complexity index is 3830. The van der Waals surface area contributed by atoms with E-state index in [1.54, 1.807) is 120 Å². The van der Waals surface area contributed by atoms with E-state index in [0.717, 1.165) is 80.8 Å². The number of carbonyl (C=O) groups excluding carboxylic acids is 2. The van der Waals surface area contributed by atoms with Gasteiger partial charge in [0.1, 0.15) is 34.2 Å². The average molecular weight is 1050 g/mol. The Hall–Kier alpha value is -7.64. The van der Waals surface area contributed by atoms with E-state index in [1.807, 2.05) is 24.3 Å². The third kappa shape index (κ3) is 6.62. The summed E-state index contributed by atoms with van der Waals surface area (Å²) in [5.41, 5.74) is 4.01. The molecule has 0 spiro atoms. The van der Waals surface area contributed by atoms with Gasteiger partial charge in [0.25, 0.3) is 11.4 Å². The van der Waals surface area contributed by atoms with Crippen LogP contribution in [0.25, 0.3) is 81.4 Å². The van der Waals surface area contributed by atoms with Gasteiger partial charge in [-0.2, -0.15) is 0 Å². The van der Waals surface area contributed by atoms with Gasteiger partial charge in [0.15, 0.2) is 11.6 Å². The molecule has 0 atom stereocenters. The molecule has 2 aromatic carbocycles. The zero-order chi connectivity index (χ0) is 50.1. The zero-order valence-corrected chi connectivity index (χ0v) is 43.7. The first-order chi connectivity index (χ1) is 34.7. The number of thiophene rings is 6. The highest BCUT2D eigenvalue weighted by atomic mass is 32.1. The van der Waals surface area contributed by atoms with E-state index in [2.05, 4.69) is 49.5 Å². The van der Waals surface area contributed by atoms with Crippen molar-refractivity contribution in [1.29, 1.82) is 10.5 Å². The molecule has 4 aliphatic rings. The molecule has 0 saturated carbocycles. The number of methoxy groups -OCH3 is 2. The van der Waals surface area contributed by atoms with Crippen molar-refractivity contribution in [2.45, 2.75) is 38.9 Å². The van der Waals surface area contributed by atoms with Crippen molar-refractivity contribution in [2.24, 2.45) is 0 Å². The number of carbonyl (C=O) groups is 2. The minimum atomic E-state index is -0.688. The molecule has 2 aliphatic heterocycles. The molecule has 0 amide bonds.